The number of hydrogen-bond acceptors (Lipinski definition) is 5. The first-order valence-electron chi connectivity index (χ1n) is 10.1. The molecule has 32 heavy (non-hydrogen) atoms. The number of hydrogen-bond donors (Lipinski definition) is 2. The zero-order valence-corrected chi connectivity index (χ0v) is 18.7. The lowest BCUT2D eigenvalue weighted by Gasteiger charge is -2.11. The molecule has 0 radical (unpaired) electrons. The number of carbonyl (C=O) groups excluding carboxylic acids is 2. The van der Waals surface area contributed by atoms with Crippen LogP contribution in [0.15, 0.2) is 59.7 Å². The minimum atomic E-state index is -0.348. The molecule has 0 aliphatic carbocycles. The molecule has 2 aromatic heterocycles. The van der Waals surface area contributed by atoms with E-state index in [1.165, 1.54) is 10.9 Å². The lowest BCUT2D eigenvalue weighted by Crippen LogP contribution is -2.28. The van der Waals surface area contributed by atoms with Crippen LogP contribution >= 0.6 is 11.3 Å². The molecule has 0 spiro atoms. The Hall–Kier alpha value is -3.78. The van der Waals surface area contributed by atoms with Crippen molar-refractivity contribution in [2.75, 3.05) is 10.6 Å². The Balaban J connectivity index is 1.59. The molecule has 0 aliphatic heterocycles. The van der Waals surface area contributed by atoms with Crippen LogP contribution in [0.25, 0.3) is 10.2 Å². The molecule has 0 aliphatic rings. The maximum Gasteiger partial charge on any atom is 0.266 e. The van der Waals surface area contributed by atoms with Crippen molar-refractivity contribution >= 4 is 44.7 Å². The SMILES string of the molecule is Cc1cccc(NC(=O)Cn2cnc3sc(C(=O)Nc4ccccc4)c(C)c3c2=O)c1C. The second-order valence-corrected chi connectivity index (χ2v) is 8.53. The van der Waals surface area contributed by atoms with E-state index in [0.717, 1.165) is 22.5 Å². The van der Waals surface area contributed by atoms with Crippen LogP contribution in [0.4, 0.5) is 11.4 Å². The van der Waals surface area contributed by atoms with Gasteiger partial charge in [0.2, 0.25) is 5.91 Å². The second-order valence-electron chi connectivity index (χ2n) is 7.53. The fourth-order valence-electron chi connectivity index (χ4n) is 3.43. The van der Waals surface area contributed by atoms with E-state index in [1.54, 1.807) is 19.1 Å². The monoisotopic (exact) mass is 446 g/mol. The van der Waals surface area contributed by atoms with Crippen LogP contribution < -0.4 is 16.2 Å². The zero-order valence-electron chi connectivity index (χ0n) is 17.9. The molecule has 0 bridgehead atoms. The van der Waals surface area contributed by atoms with E-state index >= 15 is 0 Å². The Morgan fingerprint density at radius 3 is 2.47 bits per heavy atom. The summed E-state index contributed by atoms with van der Waals surface area (Å²) < 4.78 is 1.27. The van der Waals surface area contributed by atoms with Gasteiger partial charge in [0.1, 0.15) is 11.4 Å². The van der Waals surface area contributed by atoms with Gasteiger partial charge >= 0.3 is 0 Å². The van der Waals surface area contributed by atoms with Gasteiger partial charge in [0.15, 0.2) is 0 Å². The number of nitrogens with one attached hydrogen (secondary N) is 2. The number of rotatable bonds is 5. The summed E-state index contributed by atoms with van der Waals surface area (Å²) in [5.74, 6) is -0.618. The van der Waals surface area contributed by atoms with Crippen molar-refractivity contribution in [3.05, 3.63) is 86.8 Å². The van der Waals surface area contributed by atoms with Gasteiger partial charge in [0, 0.05) is 11.4 Å². The van der Waals surface area contributed by atoms with Crippen LogP contribution in [0.2, 0.25) is 0 Å². The number of amides is 2. The Morgan fingerprint density at radius 2 is 1.72 bits per heavy atom. The predicted molar refractivity (Wildman–Crippen MR) is 128 cm³/mol. The maximum atomic E-state index is 13.1. The van der Waals surface area contributed by atoms with Gasteiger partial charge in [-0.2, -0.15) is 0 Å². The average Bonchev–Trinajstić information content (AvgIpc) is 3.11. The number of para-hydroxylation sites is 1. The summed E-state index contributed by atoms with van der Waals surface area (Å²) in [7, 11) is 0. The summed E-state index contributed by atoms with van der Waals surface area (Å²) in [6.07, 6.45) is 1.35. The lowest BCUT2D eigenvalue weighted by atomic mass is 10.1. The molecule has 0 fully saturated rings. The zero-order chi connectivity index (χ0) is 22.8. The first-order chi connectivity index (χ1) is 15.3. The normalized spacial score (nSPS) is 10.8. The van der Waals surface area contributed by atoms with Gasteiger partial charge in [-0.3, -0.25) is 19.0 Å². The summed E-state index contributed by atoms with van der Waals surface area (Å²) in [6.45, 7) is 5.46. The van der Waals surface area contributed by atoms with Gasteiger partial charge in [-0.15, -0.1) is 11.3 Å². The Labute approximate surface area is 188 Å². The van der Waals surface area contributed by atoms with Crippen LogP contribution in [-0.4, -0.2) is 21.4 Å². The fraction of sp³-hybridized carbons (Fsp3) is 0.167. The molecule has 4 aromatic rings. The Morgan fingerprint density at radius 1 is 0.969 bits per heavy atom. The van der Waals surface area contributed by atoms with Crippen LogP contribution in [0.3, 0.4) is 0 Å². The first-order valence-corrected chi connectivity index (χ1v) is 10.9. The van der Waals surface area contributed by atoms with Crippen molar-refractivity contribution in [3.8, 4) is 0 Å². The predicted octanol–water partition coefficient (Wildman–Crippen LogP) is 4.27. The fourth-order valence-corrected chi connectivity index (χ4v) is 4.46. The molecule has 0 unspecified atom stereocenters. The lowest BCUT2D eigenvalue weighted by molar-refractivity contribution is -0.116. The number of aryl methyl sites for hydroxylation is 2. The summed E-state index contributed by atoms with van der Waals surface area (Å²) >= 11 is 1.16. The topological polar surface area (TPSA) is 93.1 Å². The molecule has 162 valence electrons. The summed E-state index contributed by atoms with van der Waals surface area (Å²) in [6, 6.07) is 14.8. The third-order valence-corrected chi connectivity index (χ3v) is 6.55. The molecule has 0 saturated carbocycles. The van der Waals surface area contributed by atoms with Crippen molar-refractivity contribution in [1.29, 1.82) is 0 Å². The van der Waals surface area contributed by atoms with Gasteiger partial charge in [0.25, 0.3) is 11.5 Å². The van der Waals surface area contributed by atoms with Gasteiger partial charge in [-0.1, -0.05) is 30.3 Å². The molecule has 2 aromatic carbocycles. The Bertz CT molecular complexity index is 1390. The molecular weight excluding hydrogens is 424 g/mol. The third kappa shape index (κ3) is 4.17. The van der Waals surface area contributed by atoms with Gasteiger partial charge in [0.05, 0.1) is 16.6 Å². The summed E-state index contributed by atoms with van der Waals surface area (Å²) in [5.41, 5.74) is 3.63. The van der Waals surface area contributed by atoms with E-state index < -0.39 is 0 Å². The highest BCUT2D eigenvalue weighted by Crippen LogP contribution is 2.27. The highest BCUT2D eigenvalue weighted by atomic mass is 32.1. The van der Waals surface area contributed by atoms with Crippen LogP contribution in [0.5, 0.6) is 0 Å². The third-order valence-electron chi connectivity index (χ3n) is 5.35. The van der Waals surface area contributed by atoms with Gasteiger partial charge in [-0.25, -0.2) is 4.98 Å². The molecular formula is C24H22N4O3S. The van der Waals surface area contributed by atoms with Crippen molar-refractivity contribution in [2.45, 2.75) is 27.3 Å². The van der Waals surface area contributed by atoms with E-state index in [2.05, 4.69) is 15.6 Å². The second kappa shape index (κ2) is 8.76. The highest BCUT2D eigenvalue weighted by Gasteiger charge is 2.20. The number of nitrogens with zero attached hydrogens (tertiary/aromatic N) is 2. The number of anilines is 2. The largest absolute Gasteiger partial charge is 0.324 e. The summed E-state index contributed by atoms with van der Waals surface area (Å²) in [4.78, 5) is 43.6. The van der Waals surface area contributed by atoms with Crippen molar-refractivity contribution in [3.63, 3.8) is 0 Å². The standard InChI is InChI=1S/C24H22N4O3S/c1-14-8-7-11-18(15(14)2)27-19(29)12-28-13-25-23-20(24(28)31)16(3)21(32-23)22(30)26-17-9-5-4-6-10-17/h4-11,13H,12H2,1-3H3,(H,26,30)(H,27,29). The van der Waals surface area contributed by atoms with Crippen LogP contribution in [-0.2, 0) is 11.3 Å². The molecule has 2 amide bonds. The van der Waals surface area contributed by atoms with Crippen LogP contribution in [0, 0.1) is 20.8 Å². The first kappa shape index (κ1) is 21.5. The highest BCUT2D eigenvalue weighted by molar-refractivity contribution is 7.20. The molecule has 2 heterocycles. The molecule has 0 atom stereocenters. The number of aromatic nitrogens is 2. The number of benzene rings is 2. The maximum absolute atomic E-state index is 13.1. The van der Waals surface area contributed by atoms with E-state index in [9.17, 15) is 14.4 Å². The van der Waals surface area contributed by atoms with E-state index in [4.69, 9.17) is 0 Å². The molecule has 2 N–H and O–H groups in total. The van der Waals surface area contributed by atoms with E-state index in [1.807, 2.05) is 50.2 Å². The minimum Gasteiger partial charge on any atom is -0.324 e. The quantitative estimate of drug-likeness (QED) is 0.479. The molecule has 4 rings (SSSR count). The van der Waals surface area contributed by atoms with Gasteiger partial charge in [-0.05, 0) is 55.7 Å². The smallest absolute Gasteiger partial charge is 0.266 e. The number of carbonyl (C=O) groups is 2. The molecule has 8 heteroatoms. The van der Waals surface area contributed by atoms with E-state index in [-0.39, 0.29) is 23.9 Å². The average molecular weight is 447 g/mol. The molecule has 7 nitrogen and oxygen atoms in total. The van der Waals surface area contributed by atoms with Crippen molar-refractivity contribution in [1.82, 2.24) is 9.55 Å². The minimum absolute atomic E-state index is 0.171. The van der Waals surface area contributed by atoms with E-state index in [0.29, 0.717) is 32.0 Å². The molecule has 0 saturated heterocycles. The number of fused-ring (bicyclic) bond motifs is 1. The Kier molecular flexibility index (Phi) is 5.87. The van der Waals surface area contributed by atoms with Gasteiger partial charge < -0.3 is 10.6 Å². The van der Waals surface area contributed by atoms with Crippen molar-refractivity contribution < 1.29 is 9.59 Å². The number of thiophene rings is 1. The van der Waals surface area contributed by atoms with Crippen molar-refractivity contribution in [2.24, 2.45) is 0 Å². The van der Waals surface area contributed by atoms with Crippen LogP contribution in [0.1, 0.15) is 26.4 Å². The summed E-state index contributed by atoms with van der Waals surface area (Å²) in [5, 5.41) is 6.04.